The SMILES string of the molecule is CC(Sc1nnnn1CCO)C(=O)NC(N)=O. The topological polar surface area (TPSA) is 136 Å². The van der Waals surface area contributed by atoms with Gasteiger partial charge in [-0.2, -0.15) is 0 Å². The van der Waals surface area contributed by atoms with Gasteiger partial charge in [0.2, 0.25) is 11.1 Å². The smallest absolute Gasteiger partial charge is 0.318 e. The number of hydrogen-bond donors (Lipinski definition) is 3. The standard InChI is InChI=1S/C7H12N6O3S/c1-4(5(15)9-6(8)16)17-7-10-11-12-13(7)2-3-14/h4,14H,2-3H2,1H3,(H3,8,9,15,16). The summed E-state index contributed by atoms with van der Waals surface area (Å²) >= 11 is 1.06. The highest BCUT2D eigenvalue weighted by atomic mass is 32.2. The largest absolute Gasteiger partial charge is 0.394 e. The number of tetrazole rings is 1. The van der Waals surface area contributed by atoms with Crippen molar-refractivity contribution in [1.82, 2.24) is 25.5 Å². The third kappa shape index (κ3) is 4.00. The van der Waals surface area contributed by atoms with Crippen LogP contribution in [0.2, 0.25) is 0 Å². The van der Waals surface area contributed by atoms with E-state index in [4.69, 9.17) is 10.8 Å². The van der Waals surface area contributed by atoms with Crippen LogP contribution in [0.15, 0.2) is 5.16 Å². The first-order valence-electron chi connectivity index (χ1n) is 4.68. The number of nitrogens with two attached hydrogens (primary N) is 1. The molecule has 0 bridgehead atoms. The number of nitrogens with zero attached hydrogens (tertiary/aromatic N) is 4. The van der Waals surface area contributed by atoms with Crippen LogP contribution in [-0.4, -0.2) is 49.1 Å². The number of imide groups is 1. The Kier molecular flexibility index (Phi) is 4.84. The van der Waals surface area contributed by atoms with Gasteiger partial charge in [-0.05, 0) is 17.4 Å². The molecule has 94 valence electrons. The molecule has 0 aliphatic carbocycles. The molecule has 1 aromatic rings. The number of primary amides is 1. The summed E-state index contributed by atoms with van der Waals surface area (Å²) < 4.78 is 1.36. The van der Waals surface area contributed by atoms with Gasteiger partial charge < -0.3 is 10.8 Å². The average molecular weight is 260 g/mol. The maximum Gasteiger partial charge on any atom is 0.318 e. The lowest BCUT2D eigenvalue weighted by atomic mass is 10.4. The van der Waals surface area contributed by atoms with Gasteiger partial charge >= 0.3 is 6.03 Å². The fraction of sp³-hybridized carbons (Fsp3) is 0.571. The number of carbonyl (C=O) groups is 2. The zero-order valence-corrected chi connectivity index (χ0v) is 9.85. The molecule has 0 radical (unpaired) electrons. The Balaban J connectivity index is 2.60. The van der Waals surface area contributed by atoms with Crippen LogP contribution in [0.4, 0.5) is 4.79 Å². The lowest BCUT2D eigenvalue weighted by Crippen LogP contribution is -2.39. The van der Waals surface area contributed by atoms with Crippen molar-refractivity contribution < 1.29 is 14.7 Å². The Morgan fingerprint density at radius 1 is 1.65 bits per heavy atom. The summed E-state index contributed by atoms with van der Waals surface area (Å²) in [5.41, 5.74) is 4.82. The Morgan fingerprint density at radius 2 is 2.35 bits per heavy atom. The van der Waals surface area contributed by atoms with E-state index in [1.54, 1.807) is 6.92 Å². The summed E-state index contributed by atoms with van der Waals surface area (Å²) in [6.45, 7) is 1.71. The molecule has 0 aromatic carbocycles. The second-order valence-corrected chi connectivity index (χ2v) is 4.33. The molecule has 0 saturated heterocycles. The van der Waals surface area contributed by atoms with E-state index < -0.39 is 17.2 Å². The lowest BCUT2D eigenvalue weighted by Gasteiger charge is -2.08. The minimum atomic E-state index is -0.905. The van der Waals surface area contributed by atoms with Crippen LogP contribution in [0.1, 0.15) is 6.92 Å². The van der Waals surface area contributed by atoms with Gasteiger partial charge in [-0.3, -0.25) is 10.1 Å². The van der Waals surface area contributed by atoms with Gasteiger partial charge in [0.05, 0.1) is 18.4 Å². The molecule has 0 spiro atoms. The summed E-state index contributed by atoms with van der Waals surface area (Å²) in [5, 5.41) is 21.3. The van der Waals surface area contributed by atoms with Crippen molar-refractivity contribution in [2.24, 2.45) is 5.73 Å². The third-order valence-electron chi connectivity index (χ3n) is 1.71. The van der Waals surface area contributed by atoms with Crippen molar-refractivity contribution in [2.45, 2.75) is 23.9 Å². The number of nitrogens with one attached hydrogen (secondary N) is 1. The summed E-state index contributed by atoms with van der Waals surface area (Å²) in [5.74, 6) is -0.527. The molecule has 10 heteroatoms. The van der Waals surface area contributed by atoms with Gasteiger partial charge in [0.15, 0.2) is 0 Å². The fourth-order valence-electron chi connectivity index (χ4n) is 0.951. The van der Waals surface area contributed by atoms with Gasteiger partial charge in [0, 0.05) is 0 Å². The molecule has 3 amide bonds. The number of amides is 3. The lowest BCUT2D eigenvalue weighted by molar-refractivity contribution is -0.119. The van der Waals surface area contributed by atoms with Crippen LogP contribution in [0, 0.1) is 0 Å². The second kappa shape index (κ2) is 6.15. The number of rotatable bonds is 5. The monoisotopic (exact) mass is 260 g/mol. The molecule has 0 aliphatic heterocycles. The van der Waals surface area contributed by atoms with Crippen molar-refractivity contribution >= 4 is 23.7 Å². The summed E-state index contributed by atoms with van der Waals surface area (Å²) in [6.07, 6.45) is 0. The van der Waals surface area contributed by atoms with E-state index in [1.165, 1.54) is 4.68 Å². The first-order chi connectivity index (χ1) is 8.04. The summed E-state index contributed by atoms with van der Waals surface area (Å²) in [7, 11) is 0. The number of carbonyl (C=O) groups excluding carboxylic acids is 2. The van der Waals surface area contributed by atoms with Crippen molar-refractivity contribution in [1.29, 1.82) is 0 Å². The molecule has 0 fully saturated rings. The molecule has 1 rings (SSSR count). The molecule has 0 aliphatic rings. The Bertz CT molecular complexity index is 408. The second-order valence-electron chi connectivity index (χ2n) is 3.02. The van der Waals surface area contributed by atoms with Crippen molar-refractivity contribution in [3.63, 3.8) is 0 Å². The fourth-order valence-corrected chi connectivity index (χ4v) is 1.77. The van der Waals surface area contributed by atoms with Gasteiger partial charge in [0.1, 0.15) is 0 Å². The zero-order chi connectivity index (χ0) is 12.8. The zero-order valence-electron chi connectivity index (χ0n) is 9.03. The van der Waals surface area contributed by atoms with Crippen LogP contribution in [-0.2, 0) is 11.3 Å². The molecule has 1 heterocycles. The highest BCUT2D eigenvalue weighted by Gasteiger charge is 2.19. The van der Waals surface area contributed by atoms with E-state index in [0.717, 1.165) is 11.8 Å². The molecule has 0 saturated carbocycles. The van der Waals surface area contributed by atoms with E-state index in [0.29, 0.717) is 5.16 Å². The molecule has 1 aromatic heterocycles. The Morgan fingerprint density at radius 3 is 2.94 bits per heavy atom. The molecular weight excluding hydrogens is 248 g/mol. The van der Waals surface area contributed by atoms with Crippen molar-refractivity contribution in [2.75, 3.05) is 6.61 Å². The van der Waals surface area contributed by atoms with E-state index in [2.05, 4.69) is 15.5 Å². The number of hydrogen-bond acceptors (Lipinski definition) is 7. The minimum absolute atomic E-state index is 0.111. The van der Waals surface area contributed by atoms with E-state index >= 15 is 0 Å². The predicted molar refractivity (Wildman–Crippen MR) is 57.9 cm³/mol. The van der Waals surface area contributed by atoms with Crippen LogP contribution in [0.25, 0.3) is 0 Å². The van der Waals surface area contributed by atoms with Gasteiger partial charge in [-0.1, -0.05) is 11.8 Å². The van der Waals surface area contributed by atoms with Gasteiger partial charge in [0.25, 0.3) is 0 Å². The molecular formula is C7H12N6O3S. The maximum atomic E-state index is 11.4. The van der Waals surface area contributed by atoms with Gasteiger partial charge in [-0.15, -0.1) is 5.10 Å². The maximum absolute atomic E-state index is 11.4. The molecule has 17 heavy (non-hydrogen) atoms. The molecule has 4 N–H and O–H groups in total. The van der Waals surface area contributed by atoms with Crippen LogP contribution < -0.4 is 11.1 Å². The van der Waals surface area contributed by atoms with Crippen molar-refractivity contribution in [3.05, 3.63) is 0 Å². The van der Waals surface area contributed by atoms with Crippen LogP contribution >= 0.6 is 11.8 Å². The highest BCUT2D eigenvalue weighted by molar-refractivity contribution is 8.00. The van der Waals surface area contributed by atoms with Crippen LogP contribution in [0.5, 0.6) is 0 Å². The first kappa shape index (κ1) is 13.4. The van der Waals surface area contributed by atoms with E-state index in [1.807, 2.05) is 5.32 Å². The predicted octanol–water partition coefficient (Wildman–Crippen LogP) is -1.66. The highest BCUT2D eigenvalue weighted by Crippen LogP contribution is 2.19. The molecule has 1 atom stereocenters. The number of aliphatic hydroxyl groups is 1. The van der Waals surface area contributed by atoms with E-state index in [-0.39, 0.29) is 13.2 Å². The van der Waals surface area contributed by atoms with Crippen molar-refractivity contribution in [3.8, 4) is 0 Å². The number of urea groups is 1. The Labute approximate surface area is 101 Å². The van der Waals surface area contributed by atoms with Crippen LogP contribution in [0.3, 0.4) is 0 Å². The normalized spacial score (nSPS) is 12.1. The summed E-state index contributed by atoms with van der Waals surface area (Å²) in [6, 6.07) is -0.905. The van der Waals surface area contributed by atoms with E-state index in [9.17, 15) is 9.59 Å². The molecule has 9 nitrogen and oxygen atoms in total. The van der Waals surface area contributed by atoms with Gasteiger partial charge in [-0.25, -0.2) is 9.48 Å². The average Bonchev–Trinajstić information content (AvgIpc) is 2.65. The summed E-state index contributed by atoms with van der Waals surface area (Å²) in [4.78, 5) is 21.9. The molecule has 1 unspecified atom stereocenters. The number of thioether (sulfide) groups is 1. The minimum Gasteiger partial charge on any atom is -0.394 e. The Hall–Kier alpha value is -1.68. The number of aliphatic hydroxyl groups excluding tert-OH is 1. The quantitative estimate of drug-likeness (QED) is 0.539. The third-order valence-corrected chi connectivity index (χ3v) is 2.78. The number of aromatic nitrogens is 4. The first-order valence-corrected chi connectivity index (χ1v) is 5.56.